The third kappa shape index (κ3) is 3.72. The van der Waals surface area contributed by atoms with Crippen molar-refractivity contribution in [2.24, 2.45) is 5.92 Å². The van der Waals surface area contributed by atoms with E-state index in [0.717, 1.165) is 18.5 Å². The van der Waals surface area contributed by atoms with Crippen molar-refractivity contribution < 1.29 is 0 Å². The van der Waals surface area contributed by atoms with Crippen LogP contribution in [0.4, 0.5) is 0 Å². The molecule has 2 aliphatic rings. The van der Waals surface area contributed by atoms with Gasteiger partial charge in [-0.25, -0.2) is 0 Å². The molecule has 0 aliphatic carbocycles. The molecule has 1 aromatic heterocycles. The quantitative estimate of drug-likeness (QED) is 0.835. The number of aromatic nitrogens is 2. The molecule has 0 saturated carbocycles. The van der Waals surface area contributed by atoms with Crippen molar-refractivity contribution in [2.75, 3.05) is 26.7 Å². The molecule has 4 heteroatoms. The zero-order valence-corrected chi connectivity index (χ0v) is 14.5. The summed E-state index contributed by atoms with van der Waals surface area (Å²) in [6, 6.07) is 1.30. The van der Waals surface area contributed by atoms with E-state index >= 15 is 0 Å². The molecule has 1 aromatic rings. The minimum Gasteiger partial charge on any atom is -0.302 e. The van der Waals surface area contributed by atoms with Gasteiger partial charge >= 0.3 is 0 Å². The molecule has 0 aromatic carbocycles. The van der Waals surface area contributed by atoms with Crippen molar-refractivity contribution in [3.05, 3.63) is 18.0 Å². The molecule has 0 bridgehead atoms. The molecule has 2 saturated heterocycles. The Morgan fingerprint density at radius 2 is 2.05 bits per heavy atom. The van der Waals surface area contributed by atoms with Crippen LogP contribution < -0.4 is 0 Å². The van der Waals surface area contributed by atoms with Crippen LogP contribution in [0.25, 0.3) is 0 Å². The molecule has 3 rings (SSSR count). The zero-order valence-electron chi connectivity index (χ0n) is 14.5. The van der Waals surface area contributed by atoms with E-state index in [9.17, 15) is 0 Å². The number of rotatable bonds is 5. The van der Waals surface area contributed by atoms with Crippen LogP contribution in [0, 0.1) is 5.92 Å². The van der Waals surface area contributed by atoms with Gasteiger partial charge in [-0.1, -0.05) is 6.42 Å². The van der Waals surface area contributed by atoms with Crippen LogP contribution in [-0.4, -0.2) is 52.3 Å². The molecule has 0 N–H and O–H groups in total. The monoisotopic (exact) mass is 304 g/mol. The van der Waals surface area contributed by atoms with Gasteiger partial charge in [0, 0.05) is 36.9 Å². The predicted octanol–water partition coefficient (Wildman–Crippen LogP) is 3.16. The zero-order chi connectivity index (χ0) is 15.5. The van der Waals surface area contributed by atoms with Crippen molar-refractivity contribution in [2.45, 2.75) is 64.6 Å². The Bertz CT molecular complexity index is 465. The third-order valence-electron chi connectivity index (χ3n) is 5.41. The van der Waals surface area contributed by atoms with Crippen LogP contribution in [0.3, 0.4) is 0 Å². The average Bonchev–Trinajstić information content (AvgIpc) is 2.96. The van der Waals surface area contributed by atoms with Gasteiger partial charge in [0.2, 0.25) is 0 Å². The van der Waals surface area contributed by atoms with Crippen LogP contribution in [0.15, 0.2) is 12.4 Å². The molecular weight excluding hydrogens is 272 g/mol. The highest BCUT2D eigenvalue weighted by Gasteiger charge is 2.33. The number of hydrogen-bond acceptors (Lipinski definition) is 3. The summed E-state index contributed by atoms with van der Waals surface area (Å²) in [7, 11) is 2.27. The topological polar surface area (TPSA) is 24.3 Å². The van der Waals surface area contributed by atoms with E-state index in [1.54, 1.807) is 0 Å². The highest BCUT2D eigenvalue weighted by Crippen LogP contribution is 2.31. The molecule has 2 fully saturated rings. The second-order valence-electron chi connectivity index (χ2n) is 7.62. The summed E-state index contributed by atoms with van der Waals surface area (Å²) in [5, 5.41) is 4.46. The molecule has 22 heavy (non-hydrogen) atoms. The highest BCUT2D eigenvalue weighted by atomic mass is 15.3. The summed E-state index contributed by atoms with van der Waals surface area (Å²) >= 11 is 0. The fourth-order valence-electron chi connectivity index (χ4n) is 4.31. The van der Waals surface area contributed by atoms with E-state index in [1.165, 1.54) is 57.3 Å². The van der Waals surface area contributed by atoms with Crippen molar-refractivity contribution >= 4 is 0 Å². The molecule has 4 nitrogen and oxygen atoms in total. The van der Waals surface area contributed by atoms with Gasteiger partial charge in [0.15, 0.2) is 0 Å². The van der Waals surface area contributed by atoms with Gasteiger partial charge in [-0.2, -0.15) is 5.10 Å². The van der Waals surface area contributed by atoms with Crippen LogP contribution in [0.2, 0.25) is 0 Å². The summed E-state index contributed by atoms with van der Waals surface area (Å²) in [4.78, 5) is 5.27. The first kappa shape index (κ1) is 16.0. The van der Waals surface area contributed by atoms with E-state index in [4.69, 9.17) is 0 Å². The Balaban J connectivity index is 1.54. The average molecular weight is 304 g/mol. The second-order valence-corrected chi connectivity index (χ2v) is 7.62. The Kier molecular flexibility index (Phi) is 5.19. The van der Waals surface area contributed by atoms with Crippen LogP contribution in [0.1, 0.15) is 57.6 Å². The van der Waals surface area contributed by atoms with Crippen LogP contribution >= 0.6 is 0 Å². The standard InChI is InChI=1S/C18H32N4/c1-15(2)22-13-16(11-19-22)12-20(3)14-17-7-6-10-21-9-5-4-8-18(17)21/h11,13,15,17-18H,4-10,12,14H2,1-3H3/t17-,18+/m0/s1. The van der Waals surface area contributed by atoms with E-state index in [0.29, 0.717) is 6.04 Å². The lowest BCUT2D eigenvalue weighted by Crippen LogP contribution is -2.50. The minimum atomic E-state index is 0.452. The largest absolute Gasteiger partial charge is 0.302 e. The second kappa shape index (κ2) is 7.14. The number of piperidine rings is 2. The number of hydrogen-bond donors (Lipinski definition) is 0. The van der Waals surface area contributed by atoms with Crippen molar-refractivity contribution in [1.82, 2.24) is 19.6 Å². The fraction of sp³-hybridized carbons (Fsp3) is 0.833. The van der Waals surface area contributed by atoms with Crippen LogP contribution in [-0.2, 0) is 6.54 Å². The Hall–Kier alpha value is -0.870. The summed E-state index contributed by atoms with van der Waals surface area (Å²) in [6.07, 6.45) is 11.3. The maximum absolute atomic E-state index is 4.46. The summed E-state index contributed by atoms with van der Waals surface area (Å²) in [6.45, 7) is 9.29. The van der Waals surface area contributed by atoms with Gasteiger partial charge in [0.25, 0.3) is 0 Å². The molecule has 3 heterocycles. The maximum atomic E-state index is 4.46. The normalized spacial score (nSPS) is 26.6. The minimum absolute atomic E-state index is 0.452. The smallest absolute Gasteiger partial charge is 0.0534 e. The molecule has 124 valence electrons. The van der Waals surface area contributed by atoms with Crippen molar-refractivity contribution in [3.8, 4) is 0 Å². The predicted molar refractivity (Wildman–Crippen MR) is 90.9 cm³/mol. The highest BCUT2D eigenvalue weighted by molar-refractivity contribution is 5.04. The van der Waals surface area contributed by atoms with Gasteiger partial charge in [0.1, 0.15) is 0 Å². The lowest BCUT2D eigenvalue weighted by atomic mass is 9.83. The van der Waals surface area contributed by atoms with Gasteiger partial charge in [-0.15, -0.1) is 0 Å². The SMILES string of the molecule is CC(C)n1cc(CN(C)C[C@@H]2CCCN3CCCC[C@H]23)cn1. The van der Waals surface area contributed by atoms with Crippen molar-refractivity contribution in [1.29, 1.82) is 0 Å². The number of nitrogens with zero attached hydrogens (tertiary/aromatic N) is 4. The van der Waals surface area contributed by atoms with E-state index in [-0.39, 0.29) is 0 Å². The summed E-state index contributed by atoms with van der Waals surface area (Å²) in [5.41, 5.74) is 1.34. The van der Waals surface area contributed by atoms with Gasteiger partial charge < -0.3 is 9.80 Å². The first-order chi connectivity index (χ1) is 10.6. The molecule has 0 amide bonds. The molecule has 2 atom stereocenters. The molecular formula is C18H32N4. The van der Waals surface area contributed by atoms with E-state index < -0.39 is 0 Å². The Morgan fingerprint density at radius 1 is 1.23 bits per heavy atom. The number of fused-ring (bicyclic) bond motifs is 1. The molecule has 2 aliphatic heterocycles. The van der Waals surface area contributed by atoms with Crippen LogP contribution in [0.5, 0.6) is 0 Å². The van der Waals surface area contributed by atoms with Gasteiger partial charge in [-0.05, 0) is 65.6 Å². The first-order valence-electron chi connectivity index (χ1n) is 9.09. The fourth-order valence-corrected chi connectivity index (χ4v) is 4.31. The molecule has 0 radical (unpaired) electrons. The first-order valence-corrected chi connectivity index (χ1v) is 9.09. The lowest BCUT2D eigenvalue weighted by Gasteiger charge is -2.45. The van der Waals surface area contributed by atoms with Gasteiger partial charge in [0.05, 0.1) is 6.20 Å². The van der Waals surface area contributed by atoms with Gasteiger partial charge in [-0.3, -0.25) is 4.68 Å². The maximum Gasteiger partial charge on any atom is 0.0534 e. The Morgan fingerprint density at radius 3 is 2.82 bits per heavy atom. The molecule has 0 spiro atoms. The van der Waals surface area contributed by atoms with E-state index in [2.05, 4.69) is 46.7 Å². The van der Waals surface area contributed by atoms with Crippen molar-refractivity contribution in [3.63, 3.8) is 0 Å². The summed E-state index contributed by atoms with van der Waals surface area (Å²) in [5.74, 6) is 0.860. The van der Waals surface area contributed by atoms with E-state index in [1.807, 2.05) is 6.20 Å². The summed E-state index contributed by atoms with van der Waals surface area (Å²) < 4.78 is 2.06. The molecule has 0 unspecified atom stereocenters. The third-order valence-corrected chi connectivity index (χ3v) is 5.41. The lowest BCUT2D eigenvalue weighted by molar-refractivity contribution is 0.0435. The Labute approximate surface area is 135 Å².